The number of hydrogen-bond donors (Lipinski definition) is 2. The highest BCUT2D eigenvalue weighted by atomic mass is 127. The van der Waals surface area contributed by atoms with Crippen molar-refractivity contribution in [1.29, 1.82) is 0 Å². The second-order valence-corrected chi connectivity index (χ2v) is 5.80. The smallest absolute Gasteiger partial charge is 0.314 e. The lowest BCUT2D eigenvalue weighted by atomic mass is 10.2. The van der Waals surface area contributed by atoms with Crippen LogP contribution in [-0.2, 0) is 9.59 Å². The van der Waals surface area contributed by atoms with Gasteiger partial charge in [0.1, 0.15) is 5.75 Å². The third-order valence-corrected chi connectivity index (χ3v) is 3.67. The van der Waals surface area contributed by atoms with Gasteiger partial charge in [-0.25, -0.2) is 0 Å². The van der Waals surface area contributed by atoms with Crippen LogP contribution in [0, 0.1) is 13.7 Å². The van der Waals surface area contributed by atoms with Crippen molar-refractivity contribution in [2.24, 2.45) is 0 Å². The van der Waals surface area contributed by atoms with Crippen LogP contribution in [0.15, 0.2) is 42.5 Å². The van der Waals surface area contributed by atoms with Crippen LogP contribution < -0.4 is 15.4 Å². The topological polar surface area (TPSA) is 111 Å². The van der Waals surface area contributed by atoms with Crippen molar-refractivity contribution in [3.8, 4) is 5.75 Å². The monoisotopic (exact) mass is 441 g/mol. The number of nitrogens with one attached hydrogen (secondary N) is 2. The predicted octanol–water partition coefficient (Wildman–Crippen LogP) is 2.79. The molecule has 2 aromatic carbocycles. The van der Waals surface area contributed by atoms with Crippen molar-refractivity contribution in [1.82, 2.24) is 0 Å². The second-order valence-electron chi connectivity index (χ2n) is 4.56. The molecule has 2 N–H and O–H groups in total. The number of carbonyl (C=O) groups excluding carboxylic acids is 2. The molecule has 2 amide bonds. The van der Waals surface area contributed by atoms with Crippen LogP contribution in [0.25, 0.3) is 0 Å². The summed E-state index contributed by atoms with van der Waals surface area (Å²) in [6.45, 7) is 0. The van der Waals surface area contributed by atoms with E-state index in [1.807, 2.05) is 0 Å². The van der Waals surface area contributed by atoms with Gasteiger partial charge in [-0.3, -0.25) is 19.7 Å². The molecule has 0 aliphatic carbocycles. The fourth-order valence-electron chi connectivity index (χ4n) is 1.80. The molecule has 0 aromatic heterocycles. The lowest BCUT2D eigenvalue weighted by Gasteiger charge is -2.10. The first-order chi connectivity index (χ1) is 11.4. The highest BCUT2D eigenvalue weighted by Crippen LogP contribution is 2.28. The van der Waals surface area contributed by atoms with Crippen LogP contribution >= 0.6 is 22.6 Å². The number of nitro groups is 1. The van der Waals surface area contributed by atoms with E-state index in [0.29, 0.717) is 5.69 Å². The van der Waals surface area contributed by atoms with Gasteiger partial charge >= 0.3 is 11.8 Å². The molecule has 24 heavy (non-hydrogen) atoms. The number of amides is 2. The van der Waals surface area contributed by atoms with Gasteiger partial charge in [-0.15, -0.1) is 0 Å². The maximum Gasteiger partial charge on any atom is 0.314 e. The molecular weight excluding hydrogens is 429 g/mol. The Bertz CT molecular complexity index is 792. The van der Waals surface area contributed by atoms with Crippen LogP contribution in [0.1, 0.15) is 0 Å². The normalized spacial score (nSPS) is 9.92. The minimum absolute atomic E-state index is 0.0830. The third kappa shape index (κ3) is 4.41. The van der Waals surface area contributed by atoms with Crippen molar-refractivity contribution in [2.75, 3.05) is 17.7 Å². The average Bonchev–Trinajstić information content (AvgIpc) is 2.56. The number of non-ortho nitro benzene ring substituents is 1. The van der Waals surface area contributed by atoms with Gasteiger partial charge in [0.05, 0.1) is 23.8 Å². The van der Waals surface area contributed by atoms with Crippen molar-refractivity contribution in [3.05, 3.63) is 56.1 Å². The lowest BCUT2D eigenvalue weighted by molar-refractivity contribution is -0.384. The zero-order valence-electron chi connectivity index (χ0n) is 12.4. The second kappa shape index (κ2) is 7.73. The van der Waals surface area contributed by atoms with Gasteiger partial charge in [-0.1, -0.05) is 0 Å². The van der Waals surface area contributed by atoms with Gasteiger partial charge in [0.25, 0.3) is 5.69 Å². The standard InChI is InChI=1S/C15H12IN3O5/c1-24-13-8-11(19(22)23)6-7-12(13)18-15(21)14(20)17-10-4-2-9(16)3-5-10/h2-8H,1H3,(H,17,20)(H,18,21). The van der Waals surface area contributed by atoms with Gasteiger partial charge in [0, 0.05) is 15.3 Å². The Morgan fingerprint density at radius 2 is 1.71 bits per heavy atom. The Morgan fingerprint density at radius 3 is 2.29 bits per heavy atom. The van der Waals surface area contributed by atoms with Crippen LogP contribution in [0.4, 0.5) is 17.1 Å². The third-order valence-electron chi connectivity index (χ3n) is 2.95. The van der Waals surface area contributed by atoms with E-state index in [1.54, 1.807) is 24.3 Å². The van der Waals surface area contributed by atoms with Crippen LogP contribution in [0.2, 0.25) is 0 Å². The average molecular weight is 441 g/mol. The molecule has 0 heterocycles. The van der Waals surface area contributed by atoms with Crippen molar-refractivity contribution < 1.29 is 19.2 Å². The summed E-state index contributed by atoms with van der Waals surface area (Å²) in [5, 5.41) is 15.5. The molecule has 0 unspecified atom stereocenters. The van der Waals surface area contributed by atoms with Crippen molar-refractivity contribution in [2.45, 2.75) is 0 Å². The quantitative estimate of drug-likeness (QED) is 0.328. The highest BCUT2D eigenvalue weighted by molar-refractivity contribution is 14.1. The molecule has 0 atom stereocenters. The molecule has 0 radical (unpaired) electrons. The van der Waals surface area contributed by atoms with Crippen molar-refractivity contribution >= 4 is 51.5 Å². The van der Waals surface area contributed by atoms with E-state index >= 15 is 0 Å². The number of methoxy groups -OCH3 is 1. The molecule has 9 heteroatoms. The van der Waals surface area contributed by atoms with E-state index in [9.17, 15) is 19.7 Å². The van der Waals surface area contributed by atoms with E-state index in [-0.39, 0.29) is 17.1 Å². The summed E-state index contributed by atoms with van der Waals surface area (Å²) < 4.78 is 5.99. The molecule has 2 rings (SSSR count). The van der Waals surface area contributed by atoms with Gasteiger partial charge in [0.2, 0.25) is 0 Å². The van der Waals surface area contributed by atoms with Crippen molar-refractivity contribution in [3.63, 3.8) is 0 Å². The first-order valence-corrected chi connectivity index (χ1v) is 7.69. The van der Waals surface area contributed by atoms with E-state index in [2.05, 4.69) is 33.2 Å². The first-order valence-electron chi connectivity index (χ1n) is 6.61. The summed E-state index contributed by atoms with van der Waals surface area (Å²) in [5.41, 5.74) is 0.449. The summed E-state index contributed by atoms with van der Waals surface area (Å²) in [7, 11) is 1.31. The van der Waals surface area contributed by atoms with Gasteiger partial charge in [-0.05, 0) is 52.9 Å². The Balaban J connectivity index is 2.09. The zero-order valence-corrected chi connectivity index (χ0v) is 14.6. The Labute approximate surface area is 150 Å². The Kier molecular flexibility index (Phi) is 5.68. The summed E-state index contributed by atoms with van der Waals surface area (Å²) in [5.74, 6) is -1.70. The summed E-state index contributed by atoms with van der Waals surface area (Å²) >= 11 is 2.12. The SMILES string of the molecule is COc1cc([N+](=O)[O-])ccc1NC(=O)C(=O)Nc1ccc(I)cc1. The number of ether oxygens (including phenoxy) is 1. The Hall–Kier alpha value is -2.69. The summed E-state index contributed by atoms with van der Waals surface area (Å²) in [4.78, 5) is 34.0. The molecule has 0 saturated carbocycles. The number of carbonyl (C=O) groups is 2. The Morgan fingerprint density at radius 1 is 1.08 bits per heavy atom. The number of nitrogens with zero attached hydrogens (tertiary/aromatic N) is 1. The van der Waals surface area contributed by atoms with Gasteiger partial charge in [0.15, 0.2) is 0 Å². The van der Waals surface area contributed by atoms with E-state index < -0.39 is 16.7 Å². The van der Waals surface area contributed by atoms with E-state index in [4.69, 9.17) is 4.74 Å². The fourth-order valence-corrected chi connectivity index (χ4v) is 2.16. The molecule has 0 spiro atoms. The number of anilines is 2. The molecule has 0 bridgehead atoms. The van der Waals surface area contributed by atoms with Gasteiger partial charge in [-0.2, -0.15) is 0 Å². The number of rotatable bonds is 4. The van der Waals surface area contributed by atoms with Crippen LogP contribution in [0.3, 0.4) is 0 Å². The molecule has 0 saturated heterocycles. The summed E-state index contributed by atoms with van der Waals surface area (Å²) in [6.07, 6.45) is 0. The minimum Gasteiger partial charge on any atom is -0.494 e. The molecular formula is C15H12IN3O5. The van der Waals surface area contributed by atoms with E-state index in [1.165, 1.54) is 19.2 Å². The highest BCUT2D eigenvalue weighted by Gasteiger charge is 2.18. The molecule has 0 aliphatic heterocycles. The van der Waals surface area contributed by atoms with Gasteiger partial charge < -0.3 is 15.4 Å². The fraction of sp³-hybridized carbons (Fsp3) is 0.0667. The largest absolute Gasteiger partial charge is 0.494 e. The molecule has 2 aromatic rings. The molecule has 8 nitrogen and oxygen atoms in total. The molecule has 0 fully saturated rings. The predicted molar refractivity (Wildman–Crippen MR) is 96.1 cm³/mol. The number of halogens is 1. The van der Waals surface area contributed by atoms with Crippen LogP contribution in [-0.4, -0.2) is 23.8 Å². The minimum atomic E-state index is -0.916. The van der Waals surface area contributed by atoms with Crippen LogP contribution in [0.5, 0.6) is 5.75 Å². The molecule has 124 valence electrons. The summed E-state index contributed by atoms with van der Waals surface area (Å²) in [6, 6.07) is 10.6. The van der Waals surface area contributed by atoms with E-state index in [0.717, 1.165) is 9.64 Å². The zero-order chi connectivity index (χ0) is 17.7. The number of hydrogen-bond acceptors (Lipinski definition) is 5. The number of nitro benzene ring substituents is 1. The number of benzene rings is 2. The maximum atomic E-state index is 12.0. The first kappa shape index (κ1) is 17.7. The molecule has 0 aliphatic rings. The maximum absolute atomic E-state index is 12.0. The lowest BCUT2D eigenvalue weighted by Crippen LogP contribution is -2.29.